The van der Waals surface area contributed by atoms with Crippen molar-refractivity contribution in [2.24, 2.45) is 5.41 Å². The fourth-order valence-electron chi connectivity index (χ4n) is 6.50. The number of para-hydroxylation sites is 1. The van der Waals surface area contributed by atoms with Crippen LogP contribution in [0.3, 0.4) is 0 Å². The van der Waals surface area contributed by atoms with Crippen LogP contribution in [0, 0.1) is 12.3 Å². The van der Waals surface area contributed by atoms with Crippen LogP contribution >= 0.6 is 0 Å². The minimum atomic E-state index is -3.75. The van der Waals surface area contributed by atoms with Gasteiger partial charge in [0.25, 0.3) is 5.91 Å². The van der Waals surface area contributed by atoms with Crippen LogP contribution < -0.4 is 19.4 Å². The number of hydrogen-bond donors (Lipinski definition) is 2. The topological polar surface area (TPSA) is 128 Å². The molecule has 2 atom stereocenters. The molecule has 11 nitrogen and oxygen atoms in total. The van der Waals surface area contributed by atoms with Gasteiger partial charge in [0, 0.05) is 24.8 Å². The maximum atomic E-state index is 14.8. The number of ether oxygens (including phenoxy) is 1. The molecule has 1 aliphatic carbocycles. The van der Waals surface area contributed by atoms with E-state index in [-0.39, 0.29) is 18.0 Å². The number of amides is 1. The standard InChI is InChI=1S/C33H42N6O5S/c1-23-19-30(35-32(34-23)38-24(2)21-44-22-25(38)3)39(27-7-5-4-6-8-27)31(41)28-10-9-26(36-45(42,43)18-17-40)20-29(28)37-15-13-33(11-12-33)14-16-37/h4-10,19-20,24-25,36,40H,11-18,21-22H2,1-3H3/t24-,25+. The highest BCUT2D eigenvalue weighted by molar-refractivity contribution is 7.92. The first-order chi connectivity index (χ1) is 21.6. The van der Waals surface area contributed by atoms with Gasteiger partial charge in [-0.3, -0.25) is 14.4 Å². The second-order valence-corrected chi connectivity index (χ2v) is 14.5. The molecule has 0 radical (unpaired) electrons. The van der Waals surface area contributed by atoms with Crippen LogP contribution in [0.1, 0.15) is 55.6 Å². The van der Waals surface area contributed by atoms with E-state index >= 15 is 0 Å². The number of aliphatic hydroxyl groups is 1. The lowest BCUT2D eigenvalue weighted by Gasteiger charge is -2.39. The molecule has 2 N–H and O–H groups in total. The second kappa shape index (κ2) is 12.6. The molecule has 1 aromatic heterocycles. The maximum absolute atomic E-state index is 14.8. The van der Waals surface area contributed by atoms with E-state index in [0.29, 0.717) is 53.0 Å². The van der Waals surface area contributed by atoms with Crippen LogP contribution in [0.2, 0.25) is 0 Å². The van der Waals surface area contributed by atoms with Gasteiger partial charge < -0.3 is 19.6 Å². The molecular formula is C33H42N6O5S. The van der Waals surface area contributed by atoms with Crippen LogP contribution in [0.4, 0.5) is 28.8 Å². The summed E-state index contributed by atoms with van der Waals surface area (Å²) in [5.41, 5.74) is 3.27. The van der Waals surface area contributed by atoms with E-state index in [4.69, 9.17) is 14.7 Å². The van der Waals surface area contributed by atoms with E-state index in [0.717, 1.165) is 31.6 Å². The summed E-state index contributed by atoms with van der Waals surface area (Å²) in [6.07, 6.45) is 4.55. The summed E-state index contributed by atoms with van der Waals surface area (Å²) >= 11 is 0. The van der Waals surface area contributed by atoms with Gasteiger partial charge in [-0.05, 0) is 82.2 Å². The highest BCUT2D eigenvalue weighted by Gasteiger charge is 2.45. The first-order valence-electron chi connectivity index (χ1n) is 15.7. The monoisotopic (exact) mass is 634 g/mol. The first kappa shape index (κ1) is 31.3. The van der Waals surface area contributed by atoms with Crippen molar-refractivity contribution in [3.05, 3.63) is 65.9 Å². The lowest BCUT2D eigenvalue weighted by molar-refractivity contribution is 0.0747. The Morgan fingerprint density at radius 2 is 1.71 bits per heavy atom. The molecule has 2 saturated heterocycles. The zero-order valence-electron chi connectivity index (χ0n) is 26.1. The first-order valence-corrected chi connectivity index (χ1v) is 17.3. The van der Waals surface area contributed by atoms with Crippen LogP contribution in [0.25, 0.3) is 0 Å². The number of piperidine rings is 1. The molecule has 3 heterocycles. The summed E-state index contributed by atoms with van der Waals surface area (Å²) in [6, 6.07) is 16.4. The van der Waals surface area contributed by atoms with Gasteiger partial charge >= 0.3 is 0 Å². The van der Waals surface area contributed by atoms with E-state index < -0.39 is 22.4 Å². The number of aryl methyl sites for hydroxylation is 1. The Balaban J connectivity index is 1.43. The number of nitrogens with one attached hydrogen (secondary N) is 1. The number of aliphatic hydroxyl groups excluding tert-OH is 1. The third-order valence-electron chi connectivity index (χ3n) is 9.16. The van der Waals surface area contributed by atoms with Gasteiger partial charge in [-0.15, -0.1) is 0 Å². The van der Waals surface area contributed by atoms with Crippen LogP contribution in [-0.2, 0) is 14.8 Å². The number of benzene rings is 2. The number of aromatic nitrogens is 2. The van der Waals surface area contributed by atoms with Crippen molar-refractivity contribution in [1.29, 1.82) is 0 Å². The minimum absolute atomic E-state index is 0.0619. The summed E-state index contributed by atoms with van der Waals surface area (Å²) in [7, 11) is -3.75. The smallest absolute Gasteiger partial charge is 0.266 e. The number of carbonyl (C=O) groups is 1. The van der Waals surface area contributed by atoms with Crippen molar-refractivity contribution < 1.29 is 23.1 Å². The molecule has 0 bridgehead atoms. The SMILES string of the molecule is Cc1cc(N(C(=O)c2ccc(NS(=O)(=O)CCO)cc2N2CCC3(CC2)CC3)c2ccccc2)nc(N2[C@H](C)COC[C@@H]2C)n1. The van der Waals surface area contributed by atoms with Gasteiger partial charge in [0.2, 0.25) is 16.0 Å². The normalized spacial score (nSPS) is 21.1. The predicted octanol–water partition coefficient (Wildman–Crippen LogP) is 4.49. The molecular weight excluding hydrogens is 592 g/mol. The molecule has 6 rings (SSSR count). The minimum Gasteiger partial charge on any atom is -0.395 e. The highest BCUT2D eigenvalue weighted by Crippen LogP contribution is 2.54. The molecule has 0 unspecified atom stereocenters. The van der Waals surface area contributed by atoms with Gasteiger partial charge in [0.1, 0.15) is 5.82 Å². The Kier molecular flexibility index (Phi) is 8.73. The van der Waals surface area contributed by atoms with E-state index in [1.807, 2.05) is 43.3 Å². The molecule has 1 amide bonds. The van der Waals surface area contributed by atoms with Gasteiger partial charge in [-0.1, -0.05) is 18.2 Å². The largest absolute Gasteiger partial charge is 0.395 e. The lowest BCUT2D eigenvalue weighted by atomic mass is 9.93. The number of rotatable bonds is 9. The molecule has 3 aromatic rings. The van der Waals surface area contributed by atoms with Gasteiger partial charge in [0.05, 0.1) is 60.3 Å². The number of hydrogen-bond acceptors (Lipinski definition) is 9. The molecule has 240 valence electrons. The van der Waals surface area contributed by atoms with Crippen molar-refractivity contribution in [3.8, 4) is 0 Å². The van der Waals surface area contributed by atoms with E-state index in [2.05, 4.69) is 28.4 Å². The number of sulfonamides is 1. The molecule has 2 aromatic carbocycles. The third-order valence-corrected chi connectivity index (χ3v) is 10.4. The lowest BCUT2D eigenvalue weighted by Crippen LogP contribution is -2.50. The van der Waals surface area contributed by atoms with Crippen LogP contribution in [0.5, 0.6) is 0 Å². The summed E-state index contributed by atoms with van der Waals surface area (Å²) in [6.45, 7) is 8.26. The molecule has 1 saturated carbocycles. The summed E-state index contributed by atoms with van der Waals surface area (Å²) in [4.78, 5) is 30.5. The van der Waals surface area contributed by atoms with Crippen molar-refractivity contribution in [2.75, 3.05) is 58.1 Å². The zero-order chi connectivity index (χ0) is 31.8. The average molecular weight is 635 g/mol. The van der Waals surface area contributed by atoms with Crippen molar-refractivity contribution in [3.63, 3.8) is 0 Å². The molecule has 1 spiro atoms. The fraction of sp³-hybridized carbons (Fsp3) is 0.485. The Bertz CT molecular complexity index is 1630. The summed E-state index contributed by atoms with van der Waals surface area (Å²) < 4.78 is 33.4. The van der Waals surface area contributed by atoms with Crippen LogP contribution in [0.15, 0.2) is 54.6 Å². The Morgan fingerprint density at radius 3 is 2.36 bits per heavy atom. The highest BCUT2D eigenvalue weighted by atomic mass is 32.2. The predicted molar refractivity (Wildman–Crippen MR) is 176 cm³/mol. The zero-order valence-corrected chi connectivity index (χ0v) is 27.0. The molecule has 3 fully saturated rings. The van der Waals surface area contributed by atoms with Gasteiger partial charge in [-0.2, -0.15) is 4.98 Å². The van der Waals surface area contributed by atoms with Crippen molar-refractivity contribution in [2.45, 2.75) is 58.5 Å². The number of carbonyl (C=O) groups excluding carboxylic acids is 1. The molecule has 12 heteroatoms. The van der Waals surface area contributed by atoms with Crippen molar-refractivity contribution in [1.82, 2.24) is 9.97 Å². The van der Waals surface area contributed by atoms with Gasteiger partial charge in [0.15, 0.2) is 0 Å². The van der Waals surface area contributed by atoms with Gasteiger partial charge in [-0.25, -0.2) is 13.4 Å². The number of anilines is 5. The van der Waals surface area contributed by atoms with Crippen molar-refractivity contribution >= 4 is 44.8 Å². The summed E-state index contributed by atoms with van der Waals surface area (Å²) in [5.74, 6) is 0.308. The number of nitrogens with zero attached hydrogens (tertiary/aromatic N) is 5. The third kappa shape index (κ3) is 6.78. The molecule has 3 aliphatic rings. The number of morpholine rings is 1. The Labute approximate surface area is 265 Å². The fourth-order valence-corrected chi connectivity index (χ4v) is 7.33. The van der Waals surface area contributed by atoms with E-state index in [9.17, 15) is 18.3 Å². The summed E-state index contributed by atoms with van der Waals surface area (Å²) in [5, 5.41) is 9.24. The molecule has 45 heavy (non-hydrogen) atoms. The quantitative estimate of drug-likeness (QED) is 0.350. The Morgan fingerprint density at radius 1 is 1.02 bits per heavy atom. The van der Waals surface area contributed by atoms with E-state index in [1.54, 1.807) is 23.1 Å². The molecule has 2 aliphatic heterocycles. The van der Waals surface area contributed by atoms with E-state index in [1.165, 1.54) is 12.8 Å². The average Bonchev–Trinajstić information content (AvgIpc) is 3.76. The maximum Gasteiger partial charge on any atom is 0.266 e. The Hall–Kier alpha value is -3.74. The second-order valence-electron chi connectivity index (χ2n) is 12.6. The van der Waals surface area contributed by atoms with Crippen LogP contribution in [-0.4, -0.2) is 80.1 Å².